The summed E-state index contributed by atoms with van der Waals surface area (Å²) < 4.78 is 2.28. The van der Waals surface area contributed by atoms with E-state index < -0.39 is 5.97 Å². The number of nitrogens with zero attached hydrogens (tertiary/aromatic N) is 2. The maximum Gasteiger partial charge on any atom is 0.303 e. The number of fused-ring (bicyclic) bond motifs is 1. The third-order valence-corrected chi connectivity index (χ3v) is 3.62. The molecule has 2 aromatic rings. The number of rotatable bonds is 6. The zero-order valence-electron chi connectivity index (χ0n) is 9.83. The van der Waals surface area contributed by atoms with Crippen LogP contribution in [-0.4, -0.2) is 20.6 Å². The molecule has 0 fully saturated rings. The molecule has 0 saturated heterocycles. The van der Waals surface area contributed by atoms with Crippen molar-refractivity contribution in [3.05, 3.63) is 28.1 Å². The highest BCUT2D eigenvalue weighted by Crippen LogP contribution is 2.13. The Balaban J connectivity index is 1.93. The second-order valence-corrected chi connectivity index (χ2v) is 5.00. The molecule has 1 N–H and O–H groups in total. The van der Waals surface area contributed by atoms with Crippen molar-refractivity contribution < 1.29 is 9.90 Å². The molecular weight excluding hydrogens is 252 g/mol. The van der Waals surface area contributed by atoms with Gasteiger partial charge in [-0.2, -0.15) is 0 Å². The van der Waals surface area contributed by atoms with Gasteiger partial charge in [0.15, 0.2) is 0 Å². The predicted molar refractivity (Wildman–Crippen MR) is 70.0 cm³/mol. The van der Waals surface area contributed by atoms with Gasteiger partial charge < -0.3 is 5.11 Å². The number of unbranched alkanes of at least 4 members (excludes halogenated alkanes) is 2. The zero-order chi connectivity index (χ0) is 13.0. The summed E-state index contributed by atoms with van der Waals surface area (Å²) in [6.07, 6.45) is 4.01. The molecule has 6 heteroatoms. The van der Waals surface area contributed by atoms with Crippen molar-refractivity contribution in [1.82, 2.24) is 9.55 Å². The van der Waals surface area contributed by atoms with Crippen molar-refractivity contribution in [2.75, 3.05) is 0 Å². The first-order valence-electron chi connectivity index (χ1n) is 5.83. The summed E-state index contributed by atoms with van der Waals surface area (Å²) in [5, 5.41) is 10.4. The van der Waals surface area contributed by atoms with Gasteiger partial charge in [-0.15, -0.1) is 11.3 Å². The first kappa shape index (κ1) is 12.8. The number of aromatic nitrogens is 2. The van der Waals surface area contributed by atoms with Crippen LogP contribution in [0.15, 0.2) is 22.6 Å². The van der Waals surface area contributed by atoms with Crippen LogP contribution in [0, 0.1) is 0 Å². The van der Waals surface area contributed by atoms with E-state index in [1.165, 1.54) is 11.3 Å². The summed E-state index contributed by atoms with van der Waals surface area (Å²) in [7, 11) is 0. The monoisotopic (exact) mass is 266 g/mol. The van der Waals surface area contributed by atoms with Crippen molar-refractivity contribution in [2.24, 2.45) is 0 Å². The summed E-state index contributed by atoms with van der Waals surface area (Å²) in [6.45, 7) is 0.597. The molecule has 0 aliphatic rings. The Morgan fingerprint density at radius 3 is 3.00 bits per heavy atom. The summed E-state index contributed by atoms with van der Waals surface area (Å²) >= 11 is 1.40. The van der Waals surface area contributed by atoms with Crippen molar-refractivity contribution >= 4 is 27.5 Å². The van der Waals surface area contributed by atoms with E-state index in [1.807, 2.05) is 11.4 Å². The van der Waals surface area contributed by atoms with Gasteiger partial charge >= 0.3 is 5.97 Å². The molecule has 0 aliphatic heterocycles. The number of aryl methyl sites for hydroxylation is 1. The molecular formula is C12H14N2O3S. The van der Waals surface area contributed by atoms with Crippen molar-refractivity contribution in [3.63, 3.8) is 0 Å². The first-order chi connectivity index (χ1) is 8.68. The molecule has 2 rings (SSSR count). The van der Waals surface area contributed by atoms with Crippen molar-refractivity contribution in [3.8, 4) is 0 Å². The second-order valence-electron chi connectivity index (χ2n) is 4.08. The van der Waals surface area contributed by atoms with Crippen molar-refractivity contribution in [1.29, 1.82) is 0 Å². The third-order valence-electron chi connectivity index (χ3n) is 2.73. The Hall–Kier alpha value is -1.69. The lowest BCUT2D eigenvalue weighted by molar-refractivity contribution is -0.137. The van der Waals surface area contributed by atoms with Crippen LogP contribution < -0.4 is 5.56 Å². The van der Waals surface area contributed by atoms with Gasteiger partial charge in [-0.1, -0.05) is 6.42 Å². The van der Waals surface area contributed by atoms with Gasteiger partial charge in [0, 0.05) is 13.0 Å². The number of carboxylic acid groups (broad SMARTS) is 1. The molecule has 2 aromatic heterocycles. The molecule has 0 aromatic carbocycles. The van der Waals surface area contributed by atoms with E-state index in [2.05, 4.69) is 4.98 Å². The van der Waals surface area contributed by atoms with Crippen LogP contribution in [0.5, 0.6) is 0 Å². The van der Waals surface area contributed by atoms with Gasteiger partial charge in [-0.25, -0.2) is 4.98 Å². The van der Waals surface area contributed by atoms with E-state index in [9.17, 15) is 9.59 Å². The van der Waals surface area contributed by atoms with E-state index >= 15 is 0 Å². The molecule has 18 heavy (non-hydrogen) atoms. The predicted octanol–water partition coefficient (Wildman–Crippen LogP) is 2.10. The molecule has 0 spiro atoms. The Kier molecular flexibility index (Phi) is 4.09. The van der Waals surface area contributed by atoms with Gasteiger partial charge in [0.1, 0.15) is 4.70 Å². The minimum Gasteiger partial charge on any atom is -0.481 e. The average molecular weight is 266 g/mol. The minimum atomic E-state index is -0.770. The Labute approximate surface area is 108 Å². The SMILES string of the molecule is O=C(O)CCCCCn1cnc2ccsc2c1=O. The lowest BCUT2D eigenvalue weighted by Gasteiger charge is -2.04. The largest absolute Gasteiger partial charge is 0.481 e. The zero-order valence-corrected chi connectivity index (χ0v) is 10.7. The van der Waals surface area contributed by atoms with Crippen LogP contribution in [0.25, 0.3) is 10.2 Å². The topological polar surface area (TPSA) is 72.2 Å². The fraction of sp³-hybridized carbons (Fsp3) is 0.417. The average Bonchev–Trinajstić information content (AvgIpc) is 2.80. The highest BCUT2D eigenvalue weighted by Gasteiger charge is 2.04. The molecule has 0 atom stereocenters. The second kappa shape index (κ2) is 5.77. The number of thiophene rings is 1. The molecule has 0 unspecified atom stereocenters. The molecule has 0 amide bonds. The molecule has 5 nitrogen and oxygen atoms in total. The molecule has 0 aliphatic carbocycles. The fourth-order valence-electron chi connectivity index (χ4n) is 1.77. The first-order valence-corrected chi connectivity index (χ1v) is 6.71. The van der Waals surface area contributed by atoms with E-state index in [4.69, 9.17) is 5.11 Å². The Morgan fingerprint density at radius 2 is 2.22 bits per heavy atom. The molecule has 0 radical (unpaired) electrons. The van der Waals surface area contributed by atoms with Crippen LogP contribution in [-0.2, 0) is 11.3 Å². The summed E-state index contributed by atoms with van der Waals surface area (Å²) in [5.41, 5.74) is 0.736. The minimum absolute atomic E-state index is 0.00626. The molecule has 2 heterocycles. The van der Waals surface area contributed by atoms with Gasteiger partial charge in [0.25, 0.3) is 5.56 Å². The van der Waals surface area contributed by atoms with Crippen LogP contribution in [0.2, 0.25) is 0 Å². The Morgan fingerprint density at radius 1 is 1.39 bits per heavy atom. The number of hydrogen-bond donors (Lipinski definition) is 1. The lowest BCUT2D eigenvalue weighted by Crippen LogP contribution is -2.19. The normalized spacial score (nSPS) is 10.9. The van der Waals surface area contributed by atoms with E-state index in [0.29, 0.717) is 17.7 Å². The van der Waals surface area contributed by atoms with Crippen molar-refractivity contribution in [2.45, 2.75) is 32.2 Å². The summed E-state index contributed by atoms with van der Waals surface area (Å²) in [6, 6.07) is 1.83. The van der Waals surface area contributed by atoms with E-state index in [0.717, 1.165) is 18.4 Å². The van der Waals surface area contributed by atoms with Gasteiger partial charge in [-0.05, 0) is 24.3 Å². The third kappa shape index (κ3) is 2.95. The molecule has 0 bridgehead atoms. The van der Waals surface area contributed by atoms with Crippen LogP contribution in [0.3, 0.4) is 0 Å². The van der Waals surface area contributed by atoms with Gasteiger partial charge in [0.2, 0.25) is 0 Å². The van der Waals surface area contributed by atoms with Gasteiger partial charge in [-0.3, -0.25) is 14.2 Å². The maximum atomic E-state index is 12.0. The fourth-order valence-corrected chi connectivity index (χ4v) is 2.57. The quantitative estimate of drug-likeness (QED) is 0.813. The van der Waals surface area contributed by atoms with E-state index in [1.54, 1.807) is 10.9 Å². The summed E-state index contributed by atoms with van der Waals surface area (Å²) in [5.74, 6) is -0.770. The highest BCUT2D eigenvalue weighted by molar-refractivity contribution is 7.17. The maximum absolute atomic E-state index is 12.0. The Bertz CT molecular complexity index is 603. The number of hydrogen-bond acceptors (Lipinski definition) is 4. The van der Waals surface area contributed by atoms with Crippen LogP contribution in [0.4, 0.5) is 0 Å². The standard InChI is InChI=1S/C12H14N2O3S/c15-10(16)4-2-1-3-6-14-8-13-9-5-7-18-11(9)12(14)17/h5,7-8H,1-4,6H2,(H,15,16). The number of carboxylic acids is 1. The lowest BCUT2D eigenvalue weighted by atomic mass is 10.2. The van der Waals surface area contributed by atoms with Crippen LogP contribution in [0.1, 0.15) is 25.7 Å². The van der Waals surface area contributed by atoms with Gasteiger partial charge in [0.05, 0.1) is 11.8 Å². The number of carbonyl (C=O) groups is 1. The van der Waals surface area contributed by atoms with Crippen LogP contribution >= 0.6 is 11.3 Å². The molecule has 96 valence electrons. The highest BCUT2D eigenvalue weighted by atomic mass is 32.1. The summed E-state index contributed by atoms with van der Waals surface area (Å²) in [4.78, 5) is 26.5. The molecule has 0 saturated carbocycles. The van der Waals surface area contributed by atoms with E-state index in [-0.39, 0.29) is 12.0 Å². The smallest absolute Gasteiger partial charge is 0.303 e. The number of aliphatic carboxylic acids is 1.